The van der Waals surface area contributed by atoms with Crippen LogP contribution in [0.4, 0.5) is 0 Å². The fourth-order valence-corrected chi connectivity index (χ4v) is 4.87. The van der Waals surface area contributed by atoms with Crippen molar-refractivity contribution < 1.29 is 9.90 Å². The molecule has 150 valence electrons. The molecule has 1 aromatic rings. The molecule has 2 nitrogen and oxygen atoms in total. The molecule has 2 aliphatic carbocycles. The van der Waals surface area contributed by atoms with Crippen LogP contribution >= 0.6 is 0 Å². The van der Waals surface area contributed by atoms with Gasteiger partial charge >= 0.3 is 5.97 Å². The number of hydrogen-bond acceptors (Lipinski definition) is 1. The molecule has 1 N–H and O–H groups in total. The van der Waals surface area contributed by atoms with Gasteiger partial charge in [0.1, 0.15) is 0 Å². The van der Waals surface area contributed by atoms with E-state index in [4.69, 9.17) is 5.11 Å². The van der Waals surface area contributed by atoms with Gasteiger partial charge in [-0.25, -0.2) is 4.79 Å². The zero-order valence-electron chi connectivity index (χ0n) is 18.0. The van der Waals surface area contributed by atoms with E-state index in [1.165, 1.54) is 12.8 Å². The molecule has 0 heterocycles. The maximum atomic E-state index is 11.1. The molecule has 0 amide bonds. The van der Waals surface area contributed by atoms with E-state index < -0.39 is 5.97 Å². The van der Waals surface area contributed by atoms with E-state index in [0.717, 1.165) is 18.4 Å². The molecule has 28 heavy (non-hydrogen) atoms. The van der Waals surface area contributed by atoms with Gasteiger partial charge in [0.15, 0.2) is 0 Å². The molecule has 0 saturated heterocycles. The van der Waals surface area contributed by atoms with E-state index in [1.54, 1.807) is 23.3 Å². The zero-order valence-corrected chi connectivity index (χ0v) is 18.0. The molecule has 1 aromatic carbocycles. The summed E-state index contributed by atoms with van der Waals surface area (Å²) in [6, 6.07) is 7.13. The molecule has 0 spiro atoms. The third-order valence-corrected chi connectivity index (χ3v) is 6.81. The Labute approximate surface area is 170 Å². The SMILES string of the molecule is CCCC1(C)C=C2C(=CC1C=Cc1ccc(C(=O)O)cc1)C(C)CCC2(C)C. The summed E-state index contributed by atoms with van der Waals surface area (Å²) in [5, 5.41) is 9.08. The number of rotatable bonds is 5. The minimum absolute atomic E-state index is 0.124. The van der Waals surface area contributed by atoms with Gasteiger partial charge in [-0.3, -0.25) is 0 Å². The quantitative estimate of drug-likeness (QED) is 0.591. The largest absolute Gasteiger partial charge is 0.478 e. The van der Waals surface area contributed by atoms with Gasteiger partial charge in [-0.2, -0.15) is 0 Å². The molecule has 1 saturated carbocycles. The Morgan fingerprint density at radius 2 is 1.89 bits per heavy atom. The Balaban J connectivity index is 1.94. The number of aromatic carboxylic acids is 1. The Morgan fingerprint density at radius 3 is 2.50 bits per heavy atom. The molecular formula is C26H34O2. The highest BCUT2D eigenvalue weighted by Crippen LogP contribution is 2.53. The molecule has 3 atom stereocenters. The highest BCUT2D eigenvalue weighted by Gasteiger charge is 2.41. The summed E-state index contributed by atoms with van der Waals surface area (Å²) < 4.78 is 0. The summed E-state index contributed by atoms with van der Waals surface area (Å²) in [6.07, 6.45) is 14.4. The van der Waals surface area contributed by atoms with Crippen LogP contribution < -0.4 is 0 Å². The molecule has 2 heteroatoms. The summed E-state index contributed by atoms with van der Waals surface area (Å²) in [5.74, 6) is 0.104. The van der Waals surface area contributed by atoms with Crippen molar-refractivity contribution in [3.05, 3.63) is 64.8 Å². The van der Waals surface area contributed by atoms with Gasteiger partial charge < -0.3 is 5.11 Å². The average molecular weight is 379 g/mol. The van der Waals surface area contributed by atoms with Crippen LogP contribution in [0.15, 0.2) is 53.6 Å². The number of fused-ring (bicyclic) bond motifs is 1. The molecule has 0 bridgehead atoms. The van der Waals surface area contributed by atoms with Crippen molar-refractivity contribution in [2.24, 2.45) is 22.7 Å². The van der Waals surface area contributed by atoms with Crippen LogP contribution in [0.25, 0.3) is 6.08 Å². The molecule has 0 radical (unpaired) electrons. The fraction of sp³-hybridized carbons (Fsp3) is 0.500. The van der Waals surface area contributed by atoms with Crippen LogP contribution in [0, 0.1) is 22.7 Å². The highest BCUT2D eigenvalue weighted by atomic mass is 16.4. The van der Waals surface area contributed by atoms with E-state index in [2.05, 4.69) is 58.9 Å². The maximum absolute atomic E-state index is 11.1. The zero-order chi connectivity index (χ0) is 20.5. The summed E-state index contributed by atoms with van der Waals surface area (Å²) in [6.45, 7) is 11.8. The van der Waals surface area contributed by atoms with Gasteiger partial charge in [-0.1, -0.05) is 77.5 Å². The van der Waals surface area contributed by atoms with Crippen molar-refractivity contribution in [1.82, 2.24) is 0 Å². The van der Waals surface area contributed by atoms with Gasteiger partial charge in [-0.15, -0.1) is 0 Å². The lowest BCUT2D eigenvalue weighted by molar-refractivity contribution is 0.0697. The smallest absolute Gasteiger partial charge is 0.335 e. The summed E-state index contributed by atoms with van der Waals surface area (Å²) >= 11 is 0. The summed E-state index contributed by atoms with van der Waals surface area (Å²) in [4.78, 5) is 11.1. The second-order valence-corrected chi connectivity index (χ2v) is 9.57. The molecule has 1 fully saturated rings. The monoisotopic (exact) mass is 378 g/mol. The van der Waals surface area contributed by atoms with Crippen LogP contribution in [0.5, 0.6) is 0 Å². The molecule has 3 unspecified atom stereocenters. The molecule has 2 aliphatic rings. The van der Waals surface area contributed by atoms with Crippen LogP contribution in [0.1, 0.15) is 76.2 Å². The lowest BCUT2D eigenvalue weighted by Crippen LogP contribution is -2.34. The predicted octanol–water partition coefficient (Wildman–Crippen LogP) is 7.14. The highest BCUT2D eigenvalue weighted by molar-refractivity contribution is 5.87. The topological polar surface area (TPSA) is 37.3 Å². The number of carboxylic acid groups (broad SMARTS) is 1. The number of carbonyl (C=O) groups is 1. The molecule has 3 rings (SSSR count). The fourth-order valence-electron chi connectivity index (χ4n) is 4.87. The van der Waals surface area contributed by atoms with Crippen LogP contribution in [0.2, 0.25) is 0 Å². The normalized spacial score (nSPS) is 29.2. The summed E-state index contributed by atoms with van der Waals surface area (Å²) in [7, 11) is 0. The van der Waals surface area contributed by atoms with E-state index >= 15 is 0 Å². The Bertz CT molecular complexity index is 822. The van der Waals surface area contributed by atoms with E-state index in [-0.39, 0.29) is 10.8 Å². The van der Waals surface area contributed by atoms with Crippen molar-refractivity contribution >= 4 is 12.0 Å². The minimum Gasteiger partial charge on any atom is -0.478 e. The van der Waals surface area contributed by atoms with Crippen molar-refractivity contribution in [2.45, 2.75) is 60.3 Å². The van der Waals surface area contributed by atoms with Crippen LogP contribution in [0.3, 0.4) is 0 Å². The van der Waals surface area contributed by atoms with E-state index in [0.29, 0.717) is 17.4 Å². The maximum Gasteiger partial charge on any atom is 0.335 e. The Morgan fingerprint density at radius 1 is 1.21 bits per heavy atom. The van der Waals surface area contributed by atoms with Crippen molar-refractivity contribution in [3.63, 3.8) is 0 Å². The molecule has 0 aromatic heterocycles. The van der Waals surface area contributed by atoms with E-state index in [1.807, 2.05) is 12.1 Å². The van der Waals surface area contributed by atoms with Gasteiger partial charge in [0.2, 0.25) is 0 Å². The van der Waals surface area contributed by atoms with Crippen molar-refractivity contribution in [2.75, 3.05) is 0 Å². The third-order valence-electron chi connectivity index (χ3n) is 6.81. The first kappa shape index (κ1) is 20.6. The summed E-state index contributed by atoms with van der Waals surface area (Å²) in [5.41, 5.74) is 4.87. The average Bonchev–Trinajstić information content (AvgIpc) is 2.64. The van der Waals surface area contributed by atoms with E-state index in [9.17, 15) is 4.79 Å². The third kappa shape index (κ3) is 4.01. The first-order valence-electron chi connectivity index (χ1n) is 10.6. The van der Waals surface area contributed by atoms with Crippen molar-refractivity contribution in [3.8, 4) is 0 Å². The molecule has 0 aliphatic heterocycles. The molecular weight excluding hydrogens is 344 g/mol. The van der Waals surface area contributed by atoms with Gasteiger partial charge in [-0.05, 0) is 64.9 Å². The van der Waals surface area contributed by atoms with Gasteiger partial charge in [0.05, 0.1) is 5.56 Å². The number of carboxylic acids is 1. The first-order valence-corrected chi connectivity index (χ1v) is 10.6. The number of hydrogen-bond donors (Lipinski definition) is 1. The van der Waals surface area contributed by atoms with Crippen LogP contribution in [-0.4, -0.2) is 11.1 Å². The van der Waals surface area contributed by atoms with Gasteiger partial charge in [0, 0.05) is 5.92 Å². The Hall–Kier alpha value is -2.09. The second-order valence-electron chi connectivity index (χ2n) is 9.57. The van der Waals surface area contributed by atoms with Gasteiger partial charge in [0.25, 0.3) is 0 Å². The van der Waals surface area contributed by atoms with Crippen LogP contribution in [-0.2, 0) is 0 Å². The lowest BCUT2D eigenvalue weighted by Gasteiger charge is -2.46. The first-order chi connectivity index (χ1) is 13.2. The minimum atomic E-state index is -0.880. The number of benzene rings is 1. The Kier molecular flexibility index (Phi) is 5.70. The lowest BCUT2D eigenvalue weighted by atomic mass is 9.59. The number of allylic oxidation sites excluding steroid dienone is 5. The second kappa shape index (κ2) is 7.73. The predicted molar refractivity (Wildman–Crippen MR) is 117 cm³/mol. The van der Waals surface area contributed by atoms with Crippen molar-refractivity contribution in [1.29, 1.82) is 0 Å². The standard InChI is InChI=1S/C26H34O2/c1-6-14-26(5)17-23-22(18(2)13-15-25(23,3)4)16-21(26)12-9-19-7-10-20(11-8-19)24(27)28/h7-12,16-18,21H,6,13-15H2,1-5H3,(H,27,28).